The number of fused-ring (bicyclic) bond motifs is 6. The quantitative estimate of drug-likeness (QED) is 0.231. The number of methoxy groups -OCH3 is 2. The van der Waals surface area contributed by atoms with Crippen molar-refractivity contribution in [2.75, 3.05) is 58.9 Å². The lowest BCUT2D eigenvalue weighted by Gasteiger charge is -2.60. The van der Waals surface area contributed by atoms with Crippen LogP contribution in [-0.4, -0.2) is 120 Å². The number of hydrogen-bond donors (Lipinski definition) is 4. The zero-order chi connectivity index (χ0) is 36.4. The van der Waals surface area contributed by atoms with Gasteiger partial charge in [-0.3, -0.25) is 14.6 Å². The smallest absolute Gasteiger partial charge is 0.322 e. The van der Waals surface area contributed by atoms with Gasteiger partial charge in [-0.2, -0.15) is 0 Å². The number of nitrogens with one attached hydrogen (secondary N) is 1. The first-order chi connectivity index (χ1) is 25.0. The number of aliphatic hydroxyl groups is 3. The molecule has 52 heavy (non-hydrogen) atoms. The van der Waals surface area contributed by atoms with Gasteiger partial charge in [0.15, 0.2) is 0 Å². The summed E-state index contributed by atoms with van der Waals surface area (Å²) in [4.78, 5) is 26.0. The van der Waals surface area contributed by atoms with Gasteiger partial charge < -0.3 is 34.7 Å². The SMILES string of the molecule is CCC1(O)CC2CN(CCc3c([nH]c4ccccc34)C(C(=O)OC)(c3cc4c(cc3OC)N(C)C3[C@H](O)[C@H](O)[C@]5(CC)C=CCN6CCC43[C@@H]65)C2)C1. The molecule has 2 aromatic carbocycles. The topological polar surface area (TPSA) is 122 Å². The second-order valence-corrected chi connectivity index (χ2v) is 16.9. The molecule has 3 aromatic rings. The monoisotopic (exact) mass is 710 g/mol. The second kappa shape index (κ2) is 11.8. The third kappa shape index (κ3) is 4.27. The van der Waals surface area contributed by atoms with Crippen molar-refractivity contribution >= 4 is 22.6 Å². The van der Waals surface area contributed by atoms with E-state index in [1.165, 1.54) is 7.11 Å². The molecule has 1 aromatic heterocycles. The van der Waals surface area contributed by atoms with Gasteiger partial charge in [-0.05, 0) is 74.2 Å². The summed E-state index contributed by atoms with van der Waals surface area (Å²) in [5.74, 6) is 0.226. The fourth-order valence-corrected chi connectivity index (χ4v) is 12.6. The molecular weight excluding hydrogens is 656 g/mol. The number of benzene rings is 2. The van der Waals surface area contributed by atoms with Crippen LogP contribution in [0.1, 0.15) is 68.3 Å². The Hall–Kier alpha value is -3.41. The molecule has 4 N–H and O–H groups in total. The molecule has 10 heteroatoms. The molecule has 278 valence electrons. The molecule has 2 saturated heterocycles. The molecule has 0 radical (unpaired) electrons. The maximum absolute atomic E-state index is 15.1. The van der Waals surface area contributed by atoms with Gasteiger partial charge in [0.2, 0.25) is 0 Å². The Morgan fingerprint density at radius 3 is 2.62 bits per heavy atom. The van der Waals surface area contributed by atoms with Crippen LogP contribution >= 0.6 is 0 Å². The van der Waals surface area contributed by atoms with E-state index in [0.29, 0.717) is 44.4 Å². The van der Waals surface area contributed by atoms with E-state index in [4.69, 9.17) is 9.47 Å². The molecule has 2 bridgehead atoms. The number of H-pyrrole nitrogens is 1. The van der Waals surface area contributed by atoms with Gasteiger partial charge in [0, 0.05) is 84.0 Å². The van der Waals surface area contributed by atoms with Crippen LogP contribution in [-0.2, 0) is 26.8 Å². The highest BCUT2D eigenvalue weighted by atomic mass is 16.5. The van der Waals surface area contributed by atoms with Crippen LogP contribution in [0.4, 0.5) is 5.69 Å². The molecule has 9 rings (SSSR count). The van der Waals surface area contributed by atoms with Gasteiger partial charge in [0.1, 0.15) is 17.3 Å². The highest BCUT2D eigenvalue weighted by Crippen LogP contribution is 2.65. The number of nitrogens with zero attached hydrogens (tertiary/aromatic N) is 3. The van der Waals surface area contributed by atoms with Crippen molar-refractivity contribution in [2.45, 2.75) is 93.1 Å². The van der Waals surface area contributed by atoms with E-state index in [2.05, 4.69) is 76.0 Å². The maximum atomic E-state index is 15.1. The predicted molar refractivity (Wildman–Crippen MR) is 200 cm³/mol. The summed E-state index contributed by atoms with van der Waals surface area (Å²) in [6.07, 6.45) is 6.32. The number of para-hydroxylation sites is 1. The van der Waals surface area contributed by atoms with Crippen LogP contribution in [0.25, 0.3) is 10.9 Å². The van der Waals surface area contributed by atoms with Crippen molar-refractivity contribution in [2.24, 2.45) is 11.3 Å². The Bertz CT molecular complexity index is 1960. The maximum Gasteiger partial charge on any atom is 0.322 e. The van der Waals surface area contributed by atoms with Gasteiger partial charge in [-0.15, -0.1) is 0 Å². The molecule has 1 aliphatic carbocycles. The van der Waals surface area contributed by atoms with Crippen molar-refractivity contribution in [3.8, 4) is 5.75 Å². The van der Waals surface area contributed by atoms with Gasteiger partial charge >= 0.3 is 5.97 Å². The second-order valence-electron chi connectivity index (χ2n) is 16.9. The van der Waals surface area contributed by atoms with Gasteiger partial charge in [0.05, 0.1) is 32.0 Å². The van der Waals surface area contributed by atoms with E-state index in [1.807, 2.05) is 13.1 Å². The van der Waals surface area contributed by atoms with Crippen LogP contribution in [0.5, 0.6) is 5.75 Å². The first-order valence-corrected chi connectivity index (χ1v) is 19.4. The Labute approximate surface area is 306 Å². The minimum atomic E-state index is -1.29. The lowest BCUT2D eigenvalue weighted by molar-refractivity contribution is -0.147. The molecule has 5 aliphatic heterocycles. The summed E-state index contributed by atoms with van der Waals surface area (Å²) in [5.41, 5.74) is 2.45. The molecule has 10 atom stereocenters. The average molecular weight is 711 g/mol. The standard InChI is InChI=1S/C42H54N4O6/c1-6-39(50)21-25-22-42(38(49)52-5,34-27(13-17-45(23-25)24-39)26-11-8-9-12-30(26)43-34)29-19-28-31(20-32(29)51-4)44(3)35-33(47)36(48)40(7-2)14-10-16-46-18-15-41(28,35)37(40)46/h8-12,14,19-20,25,33,35-37,43,47-48,50H,6-7,13,15-18,21-24H2,1-5H3/t25?,33-,35?,36-,37-,39?,40-,41?,42?/m0/s1. The fraction of sp³-hybridized carbons (Fsp3) is 0.595. The number of piperidine rings is 1. The normalized spacial score (nSPS) is 39.2. The van der Waals surface area contributed by atoms with Crippen LogP contribution in [0.2, 0.25) is 0 Å². The first kappa shape index (κ1) is 34.4. The lowest BCUT2D eigenvalue weighted by atomic mass is 9.51. The van der Waals surface area contributed by atoms with E-state index >= 15 is 4.79 Å². The Kier molecular flexibility index (Phi) is 7.79. The number of esters is 1. The van der Waals surface area contributed by atoms with Crippen molar-refractivity contribution in [3.63, 3.8) is 0 Å². The molecular formula is C42H54N4O6. The highest BCUT2D eigenvalue weighted by molar-refractivity contribution is 5.94. The lowest BCUT2D eigenvalue weighted by Crippen LogP contribution is -2.73. The summed E-state index contributed by atoms with van der Waals surface area (Å²) in [6.45, 7) is 7.99. The summed E-state index contributed by atoms with van der Waals surface area (Å²) in [7, 11) is 5.18. The van der Waals surface area contributed by atoms with Crippen molar-refractivity contribution < 1.29 is 29.6 Å². The minimum Gasteiger partial charge on any atom is -0.496 e. The molecule has 6 heterocycles. The Balaban J connectivity index is 1.34. The summed E-state index contributed by atoms with van der Waals surface area (Å²) < 4.78 is 12.3. The largest absolute Gasteiger partial charge is 0.496 e. The van der Waals surface area contributed by atoms with Crippen LogP contribution < -0.4 is 9.64 Å². The summed E-state index contributed by atoms with van der Waals surface area (Å²) in [5, 5.41) is 37.1. The molecule has 6 aliphatic rings. The van der Waals surface area contributed by atoms with Crippen LogP contribution in [0, 0.1) is 11.3 Å². The Morgan fingerprint density at radius 2 is 1.87 bits per heavy atom. The number of carbonyl (C=O) groups excluding carboxylic acids is 1. The zero-order valence-electron chi connectivity index (χ0n) is 31.2. The number of aromatic nitrogens is 1. The molecule has 10 nitrogen and oxygen atoms in total. The molecule has 3 fully saturated rings. The van der Waals surface area contributed by atoms with Crippen LogP contribution in [0.3, 0.4) is 0 Å². The number of aliphatic hydroxyl groups excluding tert-OH is 2. The van der Waals surface area contributed by atoms with E-state index < -0.39 is 34.1 Å². The van der Waals surface area contributed by atoms with E-state index in [1.54, 1.807) is 7.11 Å². The number of likely N-dealkylation sites (N-methyl/N-ethyl adjacent to an activating group) is 1. The number of carbonyl (C=O) groups is 1. The highest BCUT2D eigenvalue weighted by Gasteiger charge is 2.72. The first-order valence-electron chi connectivity index (χ1n) is 19.4. The van der Waals surface area contributed by atoms with Crippen molar-refractivity contribution in [1.29, 1.82) is 0 Å². The fourth-order valence-electron chi connectivity index (χ4n) is 12.6. The van der Waals surface area contributed by atoms with Crippen molar-refractivity contribution in [1.82, 2.24) is 14.8 Å². The van der Waals surface area contributed by atoms with Gasteiger partial charge in [-0.25, -0.2) is 0 Å². The number of hydrogen-bond acceptors (Lipinski definition) is 9. The van der Waals surface area contributed by atoms with Gasteiger partial charge in [0.25, 0.3) is 0 Å². The Morgan fingerprint density at radius 1 is 1.06 bits per heavy atom. The van der Waals surface area contributed by atoms with E-state index in [0.717, 1.165) is 71.6 Å². The number of aromatic amines is 1. The molecule has 0 amide bonds. The predicted octanol–water partition coefficient (Wildman–Crippen LogP) is 3.88. The number of anilines is 1. The molecule has 1 saturated carbocycles. The van der Waals surface area contributed by atoms with E-state index in [-0.39, 0.29) is 24.0 Å². The summed E-state index contributed by atoms with van der Waals surface area (Å²) >= 11 is 0. The molecule has 6 unspecified atom stereocenters. The van der Waals surface area contributed by atoms with Crippen molar-refractivity contribution in [3.05, 3.63) is 70.9 Å². The minimum absolute atomic E-state index is 0.00782. The van der Waals surface area contributed by atoms with Crippen LogP contribution in [0.15, 0.2) is 48.6 Å². The number of ether oxygens (including phenoxy) is 2. The summed E-state index contributed by atoms with van der Waals surface area (Å²) in [6, 6.07) is 12.2. The third-order valence-corrected chi connectivity index (χ3v) is 14.8. The third-order valence-electron chi connectivity index (χ3n) is 14.8. The number of rotatable bonds is 5. The molecule has 1 spiro atoms. The zero-order valence-corrected chi connectivity index (χ0v) is 31.2. The van der Waals surface area contributed by atoms with Gasteiger partial charge in [-0.1, -0.05) is 44.2 Å². The average Bonchev–Trinajstić information content (AvgIpc) is 3.81. The van der Waals surface area contributed by atoms with E-state index in [9.17, 15) is 15.3 Å².